The van der Waals surface area contributed by atoms with Crippen molar-refractivity contribution in [1.29, 1.82) is 0 Å². The molecule has 2 amide bonds. The number of hydrogen-bond donors (Lipinski definition) is 2. The van der Waals surface area contributed by atoms with Crippen LogP contribution in [0.5, 0.6) is 0 Å². The van der Waals surface area contributed by atoms with E-state index >= 15 is 0 Å². The number of rotatable bonds is 5. The minimum Gasteiger partial charge on any atom is -0.364 e. The third kappa shape index (κ3) is 3.30. The summed E-state index contributed by atoms with van der Waals surface area (Å²) in [5.74, 6) is -1.00. The highest BCUT2D eigenvalue weighted by atomic mass is 79.9. The SMILES string of the molecule is CCn1cc(NC(=O)C(C)n2cc(Br)cn2)c(C(N)=O)n1. The highest BCUT2D eigenvalue weighted by Crippen LogP contribution is 2.17. The van der Waals surface area contributed by atoms with E-state index in [-0.39, 0.29) is 11.6 Å². The number of nitrogens with one attached hydrogen (secondary N) is 1. The average molecular weight is 355 g/mol. The van der Waals surface area contributed by atoms with E-state index in [1.807, 2.05) is 6.92 Å². The van der Waals surface area contributed by atoms with Gasteiger partial charge in [-0.05, 0) is 29.8 Å². The van der Waals surface area contributed by atoms with Gasteiger partial charge in [0.15, 0.2) is 5.69 Å². The van der Waals surface area contributed by atoms with Crippen molar-refractivity contribution in [1.82, 2.24) is 19.6 Å². The third-order valence-corrected chi connectivity index (χ3v) is 3.33. The molecule has 9 heteroatoms. The van der Waals surface area contributed by atoms with Gasteiger partial charge in [0.2, 0.25) is 5.91 Å². The Morgan fingerprint density at radius 2 is 2.19 bits per heavy atom. The first-order valence-corrected chi connectivity index (χ1v) is 7.09. The van der Waals surface area contributed by atoms with Crippen LogP contribution in [0.2, 0.25) is 0 Å². The third-order valence-electron chi connectivity index (χ3n) is 2.92. The van der Waals surface area contributed by atoms with Gasteiger partial charge in [0, 0.05) is 18.9 Å². The van der Waals surface area contributed by atoms with Gasteiger partial charge in [-0.3, -0.25) is 19.0 Å². The van der Waals surface area contributed by atoms with Gasteiger partial charge >= 0.3 is 0 Å². The van der Waals surface area contributed by atoms with Crippen molar-refractivity contribution in [3.8, 4) is 0 Å². The largest absolute Gasteiger partial charge is 0.364 e. The van der Waals surface area contributed by atoms with E-state index in [1.54, 1.807) is 25.5 Å². The van der Waals surface area contributed by atoms with Crippen molar-refractivity contribution >= 4 is 33.4 Å². The molecule has 0 saturated heterocycles. The molecule has 0 bridgehead atoms. The average Bonchev–Trinajstić information content (AvgIpc) is 3.04. The fourth-order valence-corrected chi connectivity index (χ4v) is 2.04. The molecule has 0 fully saturated rings. The Balaban J connectivity index is 2.19. The molecule has 2 rings (SSSR count). The van der Waals surface area contributed by atoms with Crippen LogP contribution in [-0.2, 0) is 11.3 Å². The molecule has 1 unspecified atom stereocenters. The summed E-state index contributed by atoms with van der Waals surface area (Å²) in [7, 11) is 0. The summed E-state index contributed by atoms with van der Waals surface area (Å²) in [4.78, 5) is 23.6. The van der Waals surface area contributed by atoms with Gasteiger partial charge < -0.3 is 11.1 Å². The molecule has 0 aromatic carbocycles. The van der Waals surface area contributed by atoms with Crippen molar-refractivity contribution in [3.05, 3.63) is 28.8 Å². The molecule has 2 aromatic rings. The second-order valence-electron chi connectivity index (χ2n) is 4.42. The molecule has 0 radical (unpaired) electrons. The number of hydrogen-bond acceptors (Lipinski definition) is 4. The topological polar surface area (TPSA) is 108 Å². The summed E-state index contributed by atoms with van der Waals surface area (Å²) in [5.41, 5.74) is 5.60. The molecule has 0 saturated carbocycles. The minimum absolute atomic E-state index is 0.0408. The lowest BCUT2D eigenvalue weighted by molar-refractivity contribution is -0.119. The first-order chi connectivity index (χ1) is 9.92. The first kappa shape index (κ1) is 15.2. The molecular formula is C12H15BrN6O2. The molecule has 2 heterocycles. The monoisotopic (exact) mass is 354 g/mol. The van der Waals surface area contributed by atoms with Crippen molar-refractivity contribution in [2.45, 2.75) is 26.4 Å². The zero-order chi connectivity index (χ0) is 15.6. The van der Waals surface area contributed by atoms with Crippen LogP contribution in [-0.4, -0.2) is 31.4 Å². The second-order valence-corrected chi connectivity index (χ2v) is 5.33. The Morgan fingerprint density at radius 3 is 2.71 bits per heavy atom. The van der Waals surface area contributed by atoms with Gasteiger partial charge in [-0.25, -0.2) is 0 Å². The van der Waals surface area contributed by atoms with Gasteiger partial charge in [-0.2, -0.15) is 10.2 Å². The minimum atomic E-state index is -0.688. The van der Waals surface area contributed by atoms with Gasteiger partial charge in [0.05, 0.1) is 16.4 Å². The van der Waals surface area contributed by atoms with Crippen molar-refractivity contribution < 1.29 is 9.59 Å². The van der Waals surface area contributed by atoms with Gasteiger partial charge in [0.1, 0.15) is 6.04 Å². The molecule has 8 nitrogen and oxygen atoms in total. The Morgan fingerprint density at radius 1 is 1.48 bits per heavy atom. The Bertz CT molecular complexity index is 677. The lowest BCUT2D eigenvalue weighted by Gasteiger charge is -2.11. The van der Waals surface area contributed by atoms with Crippen LogP contribution >= 0.6 is 15.9 Å². The van der Waals surface area contributed by atoms with Crippen LogP contribution in [0.3, 0.4) is 0 Å². The van der Waals surface area contributed by atoms with E-state index in [4.69, 9.17) is 5.73 Å². The summed E-state index contributed by atoms with van der Waals surface area (Å²) >= 11 is 3.27. The standard InChI is InChI=1S/C12H15BrN6O2/c1-3-18-6-9(10(17-18)11(14)20)16-12(21)7(2)19-5-8(13)4-15-19/h4-7H,3H2,1-2H3,(H2,14,20)(H,16,21). The fraction of sp³-hybridized carbons (Fsp3) is 0.333. The predicted octanol–water partition coefficient (Wildman–Crippen LogP) is 1.16. The van der Waals surface area contributed by atoms with E-state index in [0.717, 1.165) is 4.47 Å². The summed E-state index contributed by atoms with van der Waals surface area (Å²) in [5, 5.41) is 10.7. The molecule has 0 aliphatic carbocycles. The molecule has 3 N–H and O–H groups in total. The number of anilines is 1. The smallest absolute Gasteiger partial charge is 0.271 e. The number of amides is 2. The molecule has 0 aliphatic rings. The number of halogens is 1. The molecule has 21 heavy (non-hydrogen) atoms. The molecular weight excluding hydrogens is 340 g/mol. The number of aryl methyl sites for hydroxylation is 1. The summed E-state index contributed by atoms with van der Waals surface area (Å²) in [6.07, 6.45) is 4.85. The molecule has 0 aliphatic heterocycles. The van der Waals surface area contributed by atoms with Gasteiger partial charge in [-0.15, -0.1) is 0 Å². The van der Waals surface area contributed by atoms with E-state index < -0.39 is 11.9 Å². The summed E-state index contributed by atoms with van der Waals surface area (Å²) < 4.78 is 3.82. The number of carbonyl (C=O) groups excluding carboxylic acids is 2. The van der Waals surface area contributed by atoms with E-state index in [2.05, 4.69) is 31.4 Å². The van der Waals surface area contributed by atoms with Crippen LogP contribution < -0.4 is 11.1 Å². The molecule has 1 atom stereocenters. The normalized spacial score (nSPS) is 12.1. The summed E-state index contributed by atoms with van der Waals surface area (Å²) in [6, 6.07) is -0.540. The second kappa shape index (κ2) is 6.08. The van der Waals surface area contributed by atoms with E-state index in [1.165, 1.54) is 9.36 Å². The van der Waals surface area contributed by atoms with E-state index in [0.29, 0.717) is 12.2 Å². The number of nitrogens with two attached hydrogens (primary N) is 1. The van der Waals surface area contributed by atoms with Crippen LogP contribution in [0.1, 0.15) is 30.4 Å². The van der Waals surface area contributed by atoms with Gasteiger partial charge in [0.25, 0.3) is 5.91 Å². The van der Waals surface area contributed by atoms with Crippen molar-refractivity contribution in [2.24, 2.45) is 5.73 Å². The van der Waals surface area contributed by atoms with Crippen LogP contribution in [0, 0.1) is 0 Å². The van der Waals surface area contributed by atoms with Gasteiger partial charge in [-0.1, -0.05) is 0 Å². The van der Waals surface area contributed by atoms with Crippen molar-refractivity contribution in [2.75, 3.05) is 5.32 Å². The quantitative estimate of drug-likeness (QED) is 0.839. The fourth-order valence-electron chi connectivity index (χ4n) is 1.74. The lowest BCUT2D eigenvalue weighted by atomic mass is 10.3. The maximum absolute atomic E-state index is 12.2. The number of nitrogens with zero attached hydrogens (tertiary/aromatic N) is 4. The number of carbonyl (C=O) groups is 2. The number of aromatic nitrogens is 4. The van der Waals surface area contributed by atoms with Crippen molar-refractivity contribution in [3.63, 3.8) is 0 Å². The maximum Gasteiger partial charge on any atom is 0.271 e. The highest BCUT2D eigenvalue weighted by molar-refractivity contribution is 9.10. The van der Waals surface area contributed by atoms with Crippen LogP contribution in [0.15, 0.2) is 23.1 Å². The Labute approximate surface area is 129 Å². The Hall–Kier alpha value is -2.16. The predicted molar refractivity (Wildman–Crippen MR) is 79.7 cm³/mol. The summed E-state index contributed by atoms with van der Waals surface area (Å²) in [6.45, 7) is 4.13. The Kier molecular flexibility index (Phi) is 4.41. The van der Waals surface area contributed by atoms with E-state index in [9.17, 15) is 9.59 Å². The molecule has 112 valence electrons. The highest BCUT2D eigenvalue weighted by Gasteiger charge is 2.20. The first-order valence-electron chi connectivity index (χ1n) is 6.30. The van der Waals surface area contributed by atoms with Crippen LogP contribution in [0.4, 0.5) is 5.69 Å². The van der Waals surface area contributed by atoms with Crippen LogP contribution in [0.25, 0.3) is 0 Å². The maximum atomic E-state index is 12.2. The zero-order valence-electron chi connectivity index (χ0n) is 11.6. The lowest BCUT2D eigenvalue weighted by Crippen LogP contribution is -2.25. The molecule has 0 spiro atoms. The zero-order valence-corrected chi connectivity index (χ0v) is 13.2. The number of primary amides is 1. The molecule has 2 aromatic heterocycles.